The van der Waals surface area contributed by atoms with Crippen LogP contribution in [-0.4, -0.2) is 5.78 Å². The van der Waals surface area contributed by atoms with Crippen molar-refractivity contribution in [1.82, 2.24) is 0 Å². The monoisotopic (exact) mass is 122 g/mol. The first-order chi connectivity index (χ1) is 4.38. The van der Waals surface area contributed by atoms with Crippen molar-refractivity contribution in [3.05, 3.63) is 12.2 Å². The van der Waals surface area contributed by atoms with Gasteiger partial charge in [0.2, 0.25) is 0 Å². The zero-order chi connectivity index (χ0) is 6.27. The van der Waals surface area contributed by atoms with E-state index in [-0.39, 0.29) is 0 Å². The maximum absolute atomic E-state index is 11.1. The largest absolute Gasteiger partial charge is 0.299 e. The molecule has 0 unspecified atom stereocenters. The molecule has 0 amide bonds. The normalized spacial score (nSPS) is 39.8. The predicted octanol–water partition coefficient (Wildman–Crippen LogP) is 1.54. The smallest absolute Gasteiger partial charge is 0.143 e. The predicted molar refractivity (Wildman–Crippen MR) is 35.0 cm³/mol. The lowest BCUT2D eigenvalue weighted by Gasteiger charge is -2.09. The zero-order valence-corrected chi connectivity index (χ0v) is 5.34. The minimum atomic E-state index is 0.309. The SMILES string of the molecule is O=C1[C@H]2CC=C[C@H]1CC2. The molecule has 0 spiro atoms. The van der Waals surface area contributed by atoms with E-state index in [2.05, 4.69) is 12.2 Å². The van der Waals surface area contributed by atoms with Crippen molar-refractivity contribution in [3.8, 4) is 0 Å². The first kappa shape index (κ1) is 5.21. The molecule has 1 heteroatoms. The van der Waals surface area contributed by atoms with Crippen LogP contribution in [0.1, 0.15) is 19.3 Å². The molecule has 0 saturated heterocycles. The van der Waals surface area contributed by atoms with Gasteiger partial charge in [-0.2, -0.15) is 0 Å². The summed E-state index contributed by atoms with van der Waals surface area (Å²) in [6, 6.07) is 0. The molecule has 2 rings (SSSR count). The molecule has 1 nitrogen and oxygen atoms in total. The Bertz CT molecular complexity index is 169. The van der Waals surface area contributed by atoms with Crippen LogP contribution in [-0.2, 0) is 4.79 Å². The van der Waals surface area contributed by atoms with E-state index in [1.807, 2.05) is 0 Å². The van der Waals surface area contributed by atoms with E-state index in [0.717, 1.165) is 19.3 Å². The third-order valence-electron chi connectivity index (χ3n) is 2.38. The van der Waals surface area contributed by atoms with Gasteiger partial charge in [0.1, 0.15) is 5.78 Å². The molecule has 0 aliphatic heterocycles. The van der Waals surface area contributed by atoms with Gasteiger partial charge in [-0.25, -0.2) is 0 Å². The minimum Gasteiger partial charge on any atom is -0.299 e. The summed E-state index contributed by atoms with van der Waals surface area (Å²) >= 11 is 0. The highest BCUT2D eigenvalue weighted by molar-refractivity contribution is 5.88. The van der Waals surface area contributed by atoms with Gasteiger partial charge in [0.25, 0.3) is 0 Å². The topological polar surface area (TPSA) is 17.1 Å². The molecule has 2 aliphatic rings. The second-order valence-corrected chi connectivity index (χ2v) is 2.95. The van der Waals surface area contributed by atoms with Crippen LogP contribution in [0.2, 0.25) is 0 Å². The number of hydrogen-bond acceptors (Lipinski definition) is 1. The lowest BCUT2D eigenvalue weighted by molar-refractivity contribution is -0.123. The van der Waals surface area contributed by atoms with E-state index < -0.39 is 0 Å². The molecule has 0 aromatic heterocycles. The summed E-state index contributed by atoms with van der Waals surface area (Å²) < 4.78 is 0. The molecule has 2 aliphatic carbocycles. The summed E-state index contributed by atoms with van der Waals surface area (Å²) in [5.74, 6) is 1.21. The molecule has 2 atom stereocenters. The summed E-state index contributed by atoms with van der Waals surface area (Å²) in [4.78, 5) is 11.1. The fourth-order valence-electron chi connectivity index (χ4n) is 1.80. The molecule has 9 heavy (non-hydrogen) atoms. The number of ketones is 1. The van der Waals surface area contributed by atoms with Gasteiger partial charge in [-0.05, 0) is 19.3 Å². The zero-order valence-electron chi connectivity index (χ0n) is 5.34. The van der Waals surface area contributed by atoms with Gasteiger partial charge in [-0.3, -0.25) is 4.79 Å². The molecule has 0 radical (unpaired) electrons. The summed E-state index contributed by atoms with van der Waals surface area (Å²) in [7, 11) is 0. The van der Waals surface area contributed by atoms with Gasteiger partial charge < -0.3 is 0 Å². The number of rotatable bonds is 0. The highest BCUT2D eigenvalue weighted by atomic mass is 16.1. The van der Waals surface area contributed by atoms with E-state index >= 15 is 0 Å². The lowest BCUT2D eigenvalue weighted by atomic mass is 9.94. The highest BCUT2D eigenvalue weighted by Crippen LogP contribution is 2.34. The maximum atomic E-state index is 11.1. The molecule has 1 saturated carbocycles. The van der Waals surface area contributed by atoms with Gasteiger partial charge in [-0.15, -0.1) is 0 Å². The standard InChI is InChI=1S/C8H10O/c9-8-6-2-1-3-7(8)5-4-6/h1-2,6-7H,3-5H2/t6-,7-/m0/s1. The van der Waals surface area contributed by atoms with Crippen LogP contribution in [0.4, 0.5) is 0 Å². The molecule has 0 N–H and O–H groups in total. The number of hydrogen-bond donors (Lipinski definition) is 0. The second-order valence-electron chi connectivity index (χ2n) is 2.95. The van der Waals surface area contributed by atoms with Crippen LogP contribution in [0.15, 0.2) is 12.2 Å². The van der Waals surface area contributed by atoms with Crippen molar-refractivity contribution < 1.29 is 4.79 Å². The number of allylic oxidation sites excluding steroid dienone is 2. The Morgan fingerprint density at radius 3 is 3.00 bits per heavy atom. The van der Waals surface area contributed by atoms with E-state index in [1.54, 1.807) is 0 Å². The maximum Gasteiger partial charge on any atom is 0.143 e. The summed E-state index contributed by atoms with van der Waals surface area (Å²) in [5, 5.41) is 0. The van der Waals surface area contributed by atoms with Crippen LogP contribution in [0.5, 0.6) is 0 Å². The lowest BCUT2D eigenvalue weighted by Crippen LogP contribution is -2.14. The van der Waals surface area contributed by atoms with Crippen LogP contribution < -0.4 is 0 Å². The summed E-state index contributed by atoms with van der Waals surface area (Å²) in [6.45, 7) is 0. The Morgan fingerprint density at radius 1 is 1.44 bits per heavy atom. The Kier molecular flexibility index (Phi) is 0.981. The molecule has 1 fully saturated rings. The molecule has 0 aromatic carbocycles. The first-order valence-electron chi connectivity index (χ1n) is 3.58. The van der Waals surface area contributed by atoms with Crippen LogP contribution >= 0.6 is 0 Å². The van der Waals surface area contributed by atoms with Gasteiger partial charge in [0.15, 0.2) is 0 Å². The number of Topliss-reactive ketones (excluding diaryl/α,β-unsaturated/α-hetero) is 1. The third-order valence-corrected chi connectivity index (χ3v) is 2.38. The second kappa shape index (κ2) is 1.69. The number of carbonyl (C=O) groups is 1. The Morgan fingerprint density at radius 2 is 2.33 bits per heavy atom. The molecular formula is C8H10O. The Balaban J connectivity index is 2.32. The van der Waals surface area contributed by atoms with Crippen LogP contribution in [0.3, 0.4) is 0 Å². The van der Waals surface area contributed by atoms with Crippen molar-refractivity contribution >= 4 is 5.78 Å². The van der Waals surface area contributed by atoms with E-state index in [0.29, 0.717) is 17.6 Å². The Hall–Kier alpha value is -0.590. The average molecular weight is 122 g/mol. The quantitative estimate of drug-likeness (QED) is 0.445. The van der Waals surface area contributed by atoms with Crippen molar-refractivity contribution in [2.45, 2.75) is 19.3 Å². The van der Waals surface area contributed by atoms with Crippen molar-refractivity contribution in [1.29, 1.82) is 0 Å². The summed E-state index contributed by atoms with van der Waals surface area (Å²) in [5.41, 5.74) is 0. The van der Waals surface area contributed by atoms with Gasteiger partial charge in [-0.1, -0.05) is 12.2 Å². The Labute approximate surface area is 54.8 Å². The first-order valence-corrected chi connectivity index (χ1v) is 3.58. The van der Waals surface area contributed by atoms with Gasteiger partial charge >= 0.3 is 0 Å². The van der Waals surface area contributed by atoms with Crippen LogP contribution in [0.25, 0.3) is 0 Å². The minimum absolute atomic E-state index is 0.309. The van der Waals surface area contributed by atoms with E-state index in [9.17, 15) is 4.79 Å². The average Bonchev–Trinajstić information content (AvgIpc) is 2.19. The highest BCUT2D eigenvalue weighted by Gasteiger charge is 2.33. The molecule has 0 heterocycles. The van der Waals surface area contributed by atoms with Gasteiger partial charge in [0.05, 0.1) is 0 Å². The van der Waals surface area contributed by atoms with Gasteiger partial charge in [0, 0.05) is 11.8 Å². The van der Waals surface area contributed by atoms with E-state index in [4.69, 9.17) is 0 Å². The fraction of sp³-hybridized carbons (Fsp3) is 0.625. The third kappa shape index (κ3) is 0.640. The van der Waals surface area contributed by atoms with Crippen molar-refractivity contribution in [3.63, 3.8) is 0 Å². The molecular weight excluding hydrogens is 112 g/mol. The van der Waals surface area contributed by atoms with Crippen molar-refractivity contribution in [2.24, 2.45) is 11.8 Å². The summed E-state index contributed by atoms with van der Waals surface area (Å²) in [6.07, 6.45) is 7.49. The van der Waals surface area contributed by atoms with E-state index in [1.165, 1.54) is 0 Å². The molecule has 0 aromatic rings. The number of carbonyl (C=O) groups excluding carboxylic acids is 1. The number of fused-ring (bicyclic) bond motifs is 2. The molecule has 2 bridgehead atoms. The molecule has 48 valence electrons. The fourth-order valence-corrected chi connectivity index (χ4v) is 1.80. The van der Waals surface area contributed by atoms with Crippen molar-refractivity contribution in [2.75, 3.05) is 0 Å². The van der Waals surface area contributed by atoms with Crippen LogP contribution in [0, 0.1) is 11.8 Å².